The monoisotopic (exact) mass is 553 g/mol. The first kappa shape index (κ1) is 27.1. The van der Waals surface area contributed by atoms with Gasteiger partial charge < -0.3 is 4.74 Å². The van der Waals surface area contributed by atoms with Crippen LogP contribution in [0.25, 0.3) is 0 Å². The highest BCUT2D eigenvalue weighted by molar-refractivity contribution is 6.09. The number of fused-ring (bicyclic) bond motifs is 1. The zero-order valence-electron chi connectivity index (χ0n) is 21.5. The number of rotatable bonds is 8. The van der Waals surface area contributed by atoms with Crippen LogP contribution in [0.3, 0.4) is 0 Å². The molecule has 11 nitrogen and oxygen atoms in total. The lowest BCUT2D eigenvalue weighted by molar-refractivity contribution is -0.384. The molecule has 0 spiro atoms. The Morgan fingerprint density at radius 1 is 0.805 bits per heavy atom. The Kier molecular flexibility index (Phi) is 7.51. The average Bonchev–Trinajstić information content (AvgIpc) is 3.25. The molecular formula is C30H23N3O8. The molecule has 1 aliphatic carbocycles. The standard InChI is InChI=1S/C30H23N3O8/c34-26(19-12-16-23(17-13-19)41-30(38)21-6-2-1-3-7-21)18-31(27(35)20-10-14-22(15-11-20)33(39)40)32-28(36)24-8-4-5-9-25(24)29(32)37/h1-7,10-17,24-25H,8-9,18H2/t24-,25+. The molecular weight excluding hydrogens is 530 g/mol. The van der Waals surface area contributed by atoms with Gasteiger partial charge in [0, 0.05) is 23.3 Å². The van der Waals surface area contributed by atoms with E-state index in [2.05, 4.69) is 0 Å². The summed E-state index contributed by atoms with van der Waals surface area (Å²) in [6.07, 6.45) is 4.27. The lowest BCUT2D eigenvalue weighted by atomic mass is 9.85. The number of carbonyl (C=O) groups is 5. The summed E-state index contributed by atoms with van der Waals surface area (Å²) >= 11 is 0. The van der Waals surface area contributed by atoms with Gasteiger partial charge in [-0.15, -0.1) is 0 Å². The third-order valence-electron chi connectivity index (χ3n) is 6.97. The van der Waals surface area contributed by atoms with Crippen LogP contribution in [0.5, 0.6) is 5.75 Å². The van der Waals surface area contributed by atoms with E-state index >= 15 is 0 Å². The summed E-state index contributed by atoms with van der Waals surface area (Å²) in [5.41, 5.74) is 0.204. The number of ether oxygens (including phenoxy) is 1. The number of nitro benzene ring substituents is 1. The normalized spacial score (nSPS) is 17.6. The molecule has 11 heteroatoms. The maximum absolute atomic E-state index is 13.6. The van der Waals surface area contributed by atoms with Crippen LogP contribution < -0.4 is 4.74 Å². The number of benzene rings is 3. The zero-order valence-corrected chi connectivity index (χ0v) is 21.5. The molecule has 1 saturated heterocycles. The minimum Gasteiger partial charge on any atom is -0.423 e. The molecule has 0 unspecified atom stereocenters. The van der Waals surface area contributed by atoms with Crippen molar-refractivity contribution in [3.8, 4) is 5.75 Å². The highest BCUT2D eigenvalue weighted by atomic mass is 16.6. The third-order valence-corrected chi connectivity index (χ3v) is 6.97. The number of imide groups is 1. The van der Waals surface area contributed by atoms with Crippen molar-refractivity contribution in [2.75, 3.05) is 6.54 Å². The number of hydrogen-bond acceptors (Lipinski definition) is 8. The van der Waals surface area contributed by atoms with Crippen molar-refractivity contribution in [1.82, 2.24) is 10.0 Å². The van der Waals surface area contributed by atoms with Crippen LogP contribution in [-0.4, -0.2) is 51.0 Å². The van der Waals surface area contributed by atoms with Gasteiger partial charge >= 0.3 is 5.97 Å². The van der Waals surface area contributed by atoms with Crippen molar-refractivity contribution in [3.05, 3.63) is 118 Å². The van der Waals surface area contributed by atoms with Crippen LogP contribution in [0.4, 0.5) is 5.69 Å². The summed E-state index contributed by atoms with van der Waals surface area (Å²) in [7, 11) is 0. The van der Waals surface area contributed by atoms with Crippen molar-refractivity contribution < 1.29 is 33.6 Å². The number of nitrogens with zero attached hydrogens (tertiary/aromatic N) is 3. The number of non-ortho nitro benzene ring substituents is 1. The quantitative estimate of drug-likeness (QED) is 0.0774. The van der Waals surface area contributed by atoms with E-state index in [0.717, 1.165) is 22.2 Å². The summed E-state index contributed by atoms with van der Waals surface area (Å²) in [6.45, 7) is -0.649. The summed E-state index contributed by atoms with van der Waals surface area (Å²) in [5, 5.41) is 12.6. The number of ketones is 1. The molecule has 2 aliphatic rings. The number of Topliss-reactive ketones (excluding diaryl/α,β-unsaturated/α-hetero) is 1. The Bertz CT molecular complexity index is 1540. The molecule has 0 saturated carbocycles. The van der Waals surface area contributed by atoms with Crippen LogP contribution >= 0.6 is 0 Å². The smallest absolute Gasteiger partial charge is 0.343 e. The molecule has 3 amide bonds. The van der Waals surface area contributed by atoms with E-state index in [1.165, 1.54) is 36.4 Å². The predicted octanol–water partition coefficient (Wildman–Crippen LogP) is 4.01. The molecule has 3 aromatic rings. The van der Waals surface area contributed by atoms with Gasteiger partial charge in [0.25, 0.3) is 23.4 Å². The molecule has 0 aromatic heterocycles. The van der Waals surface area contributed by atoms with E-state index < -0.39 is 52.8 Å². The lowest BCUT2D eigenvalue weighted by Crippen LogP contribution is -2.52. The molecule has 0 bridgehead atoms. The van der Waals surface area contributed by atoms with Crippen molar-refractivity contribution in [2.24, 2.45) is 11.8 Å². The van der Waals surface area contributed by atoms with Crippen molar-refractivity contribution in [3.63, 3.8) is 0 Å². The minimum absolute atomic E-state index is 0.0415. The molecule has 41 heavy (non-hydrogen) atoms. The minimum atomic E-state index is -0.838. The summed E-state index contributed by atoms with van der Waals surface area (Å²) in [5.74, 6) is -4.28. The Morgan fingerprint density at radius 2 is 1.37 bits per heavy atom. The average molecular weight is 554 g/mol. The fraction of sp³-hybridized carbons (Fsp3) is 0.167. The fourth-order valence-electron chi connectivity index (χ4n) is 4.81. The van der Waals surface area contributed by atoms with Gasteiger partial charge in [-0.1, -0.05) is 30.4 Å². The Morgan fingerprint density at radius 3 is 1.93 bits per heavy atom. The van der Waals surface area contributed by atoms with Gasteiger partial charge in [0.1, 0.15) is 12.3 Å². The van der Waals surface area contributed by atoms with Crippen LogP contribution in [0, 0.1) is 22.0 Å². The molecule has 0 N–H and O–H groups in total. The Hall–Kier alpha value is -5.45. The second-order valence-electron chi connectivity index (χ2n) is 9.51. The maximum atomic E-state index is 13.6. The van der Waals surface area contributed by atoms with Gasteiger partial charge in [0.05, 0.1) is 22.3 Å². The number of carbonyl (C=O) groups excluding carboxylic acids is 5. The van der Waals surface area contributed by atoms with E-state index in [0.29, 0.717) is 18.4 Å². The molecule has 1 fully saturated rings. The first-order valence-corrected chi connectivity index (χ1v) is 12.7. The third kappa shape index (κ3) is 5.50. The first-order valence-electron chi connectivity index (χ1n) is 12.7. The molecule has 3 aromatic carbocycles. The first-order chi connectivity index (χ1) is 19.7. The summed E-state index contributed by atoms with van der Waals surface area (Å²) in [4.78, 5) is 76.2. The predicted molar refractivity (Wildman–Crippen MR) is 144 cm³/mol. The van der Waals surface area contributed by atoms with Crippen LogP contribution in [-0.2, 0) is 9.59 Å². The van der Waals surface area contributed by atoms with Gasteiger partial charge in [-0.05, 0) is 61.4 Å². The Labute approximate surface area is 233 Å². The lowest BCUT2D eigenvalue weighted by Gasteiger charge is -2.30. The second kappa shape index (κ2) is 11.3. The van der Waals surface area contributed by atoms with Crippen molar-refractivity contribution >= 4 is 35.2 Å². The Balaban J connectivity index is 1.38. The van der Waals surface area contributed by atoms with Crippen molar-refractivity contribution in [2.45, 2.75) is 12.8 Å². The van der Waals surface area contributed by atoms with Gasteiger partial charge in [-0.2, -0.15) is 5.01 Å². The number of allylic oxidation sites excluding steroid dienone is 2. The largest absolute Gasteiger partial charge is 0.423 e. The van der Waals surface area contributed by atoms with Crippen molar-refractivity contribution in [1.29, 1.82) is 0 Å². The molecule has 5 rings (SSSR count). The molecule has 1 aliphatic heterocycles. The highest BCUT2D eigenvalue weighted by Crippen LogP contribution is 2.36. The van der Waals surface area contributed by atoms with E-state index in [9.17, 15) is 34.1 Å². The summed E-state index contributed by atoms with van der Waals surface area (Å²) in [6, 6.07) is 18.7. The zero-order chi connectivity index (χ0) is 29.1. The summed E-state index contributed by atoms with van der Waals surface area (Å²) < 4.78 is 5.34. The second-order valence-corrected chi connectivity index (χ2v) is 9.51. The number of hydrazine groups is 1. The number of nitro groups is 1. The number of amides is 3. The topological polar surface area (TPSA) is 144 Å². The van der Waals surface area contributed by atoms with Gasteiger partial charge in [-0.3, -0.25) is 29.3 Å². The number of hydrogen-bond donors (Lipinski definition) is 0. The molecule has 1 heterocycles. The maximum Gasteiger partial charge on any atom is 0.343 e. The van der Waals surface area contributed by atoms with E-state index in [4.69, 9.17) is 4.74 Å². The van der Waals surface area contributed by atoms with Crippen LogP contribution in [0.1, 0.15) is 43.9 Å². The molecule has 206 valence electrons. The van der Waals surface area contributed by atoms with E-state index in [-0.39, 0.29) is 22.6 Å². The van der Waals surface area contributed by atoms with Crippen LogP contribution in [0.15, 0.2) is 91.0 Å². The van der Waals surface area contributed by atoms with E-state index in [1.807, 2.05) is 0 Å². The van der Waals surface area contributed by atoms with E-state index in [1.54, 1.807) is 42.5 Å². The SMILES string of the molecule is O=C(CN(C(=O)c1ccc([N+](=O)[O-])cc1)N1C(=O)[C@H]2CC=CC[C@H]2C1=O)c1ccc(OC(=O)c2ccccc2)cc1. The molecule has 2 atom stereocenters. The van der Waals surface area contributed by atoms with Crippen LogP contribution in [0.2, 0.25) is 0 Å². The highest BCUT2D eigenvalue weighted by Gasteiger charge is 2.51. The van der Waals surface area contributed by atoms with Gasteiger partial charge in [-0.25, -0.2) is 9.80 Å². The van der Waals surface area contributed by atoms with Gasteiger partial charge in [0.15, 0.2) is 5.78 Å². The fourth-order valence-corrected chi connectivity index (χ4v) is 4.81. The van der Waals surface area contributed by atoms with Gasteiger partial charge in [0.2, 0.25) is 0 Å². The molecule has 0 radical (unpaired) electrons. The number of esters is 1.